The van der Waals surface area contributed by atoms with Crippen molar-refractivity contribution >= 4 is 11.4 Å². The molecule has 1 atom stereocenters. The van der Waals surface area contributed by atoms with Gasteiger partial charge in [0.15, 0.2) is 0 Å². The number of carbonyl (C=O) groups is 1. The predicted molar refractivity (Wildman–Crippen MR) is 85.3 cm³/mol. The summed E-state index contributed by atoms with van der Waals surface area (Å²) in [6.45, 7) is 12.1. The molecule has 1 aromatic rings. The van der Waals surface area contributed by atoms with Crippen molar-refractivity contribution in [2.24, 2.45) is 5.92 Å². The van der Waals surface area contributed by atoms with Gasteiger partial charge in [-0.3, -0.25) is 4.79 Å². The van der Waals surface area contributed by atoms with Crippen molar-refractivity contribution in [3.63, 3.8) is 0 Å². The number of aryl methyl sites for hydroxylation is 1. The summed E-state index contributed by atoms with van der Waals surface area (Å²) in [4.78, 5) is 11.7. The predicted octanol–water partition coefficient (Wildman–Crippen LogP) is 5.43. The Morgan fingerprint density at radius 1 is 1.26 bits per heavy atom. The van der Waals surface area contributed by atoms with Crippen molar-refractivity contribution in [2.45, 2.75) is 54.4 Å². The number of rotatable bonds is 5. The number of allylic oxidation sites excluding steroid dienone is 2. The lowest BCUT2D eigenvalue weighted by molar-refractivity contribution is -0.121. The maximum atomic E-state index is 11.7. The number of ketones is 1. The molecule has 1 heteroatoms. The molecule has 0 fully saturated rings. The quantitative estimate of drug-likeness (QED) is 0.690. The molecule has 0 bridgehead atoms. The van der Waals surface area contributed by atoms with Crippen LogP contribution in [0.5, 0.6) is 0 Å². The second-order valence-corrected chi connectivity index (χ2v) is 4.55. The Morgan fingerprint density at radius 2 is 1.84 bits per heavy atom. The van der Waals surface area contributed by atoms with Gasteiger partial charge in [0.1, 0.15) is 5.78 Å². The fourth-order valence-electron chi connectivity index (χ4n) is 2.11. The van der Waals surface area contributed by atoms with Gasteiger partial charge in [0.2, 0.25) is 0 Å². The average Bonchev–Trinajstić information content (AvgIpc) is 2.46. The third-order valence-corrected chi connectivity index (χ3v) is 3.26. The third-order valence-electron chi connectivity index (χ3n) is 3.26. The van der Waals surface area contributed by atoms with E-state index in [1.54, 1.807) is 0 Å². The average molecular weight is 260 g/mol. The summed E-state index contributed by atoms with van der Waals surface area (Å²) in [5.41, 5.74) is 3.82. The monoisotopic (exact) mass is 260 g/mol. The Balaban J connectivity index is 0.00000154. The Kier molecular flexibility index (Phi) is 8.86. The first-order valence-electron chi connectivity index (χ1n) is 7.34. The molecule has 19 heavy (non-hydrogen) atoms. The molecule has 106 valence electrons. The van der Waals surface area contributed by atoms with Gasteiger partial charge in [-0.1, -0.05) is 58.0 Å². The van der Waals surface area contributed by atoms with Crippen molar-refractivity contribution in [3.8, 4) is 0 Å². The Labute approximate surface area is 118 Å². The zero-order chi connectivity index (χ0) is 14.8. The second kappa shape index (κ2) is 9.55. The van der Waals surface area contributed by atoms with Gasteiger partial charge in [0, 0.05) is 12.3 Å². The van der Waals surface area contributed by atoms with Crippen LogP contribution < -0.4 is 0 Å². The van der Waals surface area contributed by atoms with Crippen molar-refractivity contribution in [2.75, 3.05) is 0 Å². The number of hydrogen-bond donors (Lipinski definition) is 0. The van der Waals surface area contributed by atoms with Crippen LogP contribution in [0.15, 0.2) is 30.3 Å². The lowest BCUT2D eigenvalue weighted by Gasteiger charge is -2.14. The summed E-state index contributed by atoms with van der Waals surface area (Å²) in [6.07, 6.45) is 3.60. The molecule has 1 aromatic carbocycles. The van der Waals surface area contributed by atoms with Crippen LogP contribution >= 0.6 is 0 Å². The highest BCUT2D eigenvalue weighted by Crippen LogP contribution is 2.26. The zero-order valence-corrected chi connectivity index (χ0v) is 13.3. The molecule has 0 amide bonds. The lowest BCUT2D eigenvalue weighted by atomic mass is 9.90. The maximum Gasteiger partial charge on any atom is 0.135 e. The summed E-state index contributed by atoms with van der Waals surface area (Å²) in [7, 11) is 0. The van der Waals surface area contributed by atoms with Gasteiger partial charge < -0.3 is 0 Å². The number of carbonyl (C=O) groups excluding carboxylic acids is 1. The van der Waals surface area contributed by atoms with Gasteiger partial charge in [0.05, 0.1) is 0 Å². The molecular weight excluding hydrogens is 232 g/mol. The molecule has 0 aromatic heterocycles. The van der Waals surface area contributed by atoms with E-state index in [0.717, 1.165) is 6.42 Å². The Morgan fingerprint density at radius 3 is 2.32 bits per heavy atom. The molecule has 0 aliphatic heterocycles. The topological polar surface area (TPSA) is 17.1 Å². The highest BCUT2D eigenvalue weighted by molar-refractivity contribution is 5.83. The first-order valence-corrected chi connectivity index (χ1v) is 7.34. The molecule has 0 saturated heterocycles. The molecule has 0 saturated carbocycles. The highest BCUT2D eigenvalue weighted by Gasteiger charge is 2.14. The van der Waals surface area contributed by atoms with Gasteiger partial charge >= 0.3 is 0 Å². The highest BCUT2D eigenvalue weighted by atomic mass is 16.1. The van der Waals surface area contributed by atoms with Crippen LogP contribution in [0.1, 0.15) is 58.6 Å². The summed E-state index contributed by atoms with van der Waals surface area (Å²) in [5, 5.41) is 0. The Bertz CT molecular complexity index is 415. The van der Waals surface area contributed by atoms with Crippen molar-refractivity contribution in [1.29, 1.82) is 0 Å². The van der Waals surface area contributed by atoms with Crippen LogP contribution in [0, 0.1) is 12.8 Å². The van der Waals surface area contributed by atoms with Crippen molar-refractivity contribution in [1.82, 2.24) is 0 Å². The largest absolute Gasteiger partial charge is 0.299 e. The van der Waals surface area contributed by atoms with E-state index in [-0.39, 0.29) is 5.92 Å². The van der Waals surface area contributed by atoms with Crippen LogP contribution in [0.2, 0.25) is 0 Å². The molecule has 0 aliphatic rings. The van der Waals surface area contributed by atoms with Crippen LogP contribution in [0.25, 0.3) is 5.57 Å². The maximum absolute atomic E-state index is 11.7. The smallest absolute Gasteiger partial charge is 0.135 e. The van der Waals surface area contributed by atoms with Crippen LogP contribution in [0.4, 0.5) is 0 Å². The molecule has 0 aliphatic carbocycles. The van der Waals surface area contributed by atoms with Gasteiger partial charge in [-0.05, 0) is 37.0 Å². The van der Waals surface area contributed by atoms with E-state index in [9.17, 15) is 4.79 Å². The van der Waals surface area contributed by atoms with Crippen LogP contribution in [-0.4, -0.2) is 5.78 Å². The van der Waals surface area contributed by atoms with Gasteiger partial charge in [-0.2, -0.15) is 0 Å². The van der Waals surface area contributed by atoms with E-state index in [4.69, 9.17) is 0 Å². The summed E-state index contributed by atoms with van der Waals surface area (Å²) < 4.78 is 0. The molecule has 0 radical (unpaired) electrons. The van der Waals surface area contributed by atoms with Crippen molar-refractivity contribution in [3.05, 3.63) is 41.5 Å². The molecule has 0 heterocycles. The van der Waals surface area contributed by atoms with E-state index in [0.29, 0.717) is 12.2 Å². The molecule has 1 rings (SSSR count). The summed E-state index contributed by atoms with van der Waals surface area (Å²) >= 11 is 0. The SMILES string of the molecule is C/C=C(/CC(C)C(=O)CC)c1ccccc1C.CC. The van der Waals surface area contributed by atoms with E-state index >= 15 is 0 Å². The van der Waals surface area contributed by atoms with Gasteiger partial charge in [-0.25, -0.2) is 0 Å². The van der Waals surface area contributed by atoms with Gasteiger partial charge in [0.25, 0.3) is 0 Å². The fourth-order valence-corrected chi connectivity index (χ4v) is 2.11. The third kappa shape index (κ3) is 5.42. The van der Waals surface area contributed by atoms with Crippen molar-refractivity contribution < 1.29 is 4.79 Å². The van der Waals surface area contributed by atoms with Gasteiger partial charge in [-0.15, -0.1) is 0 Å². The van der Waals surface area contributed by atoms with E-state index in [2.05, 4.69) is 31.2 Å². The zero-order valence-electron chi connectivity index (χ0n) is 13.3. The molecular formula is C18H28O. The number of Topliss-reactive ketones (excluding diaryl/α,β-unsaturated/α-hetero) is 1. The van der Waals surface area contributed by atoms with E-state index in [1.165, 1.54) is 16.7 Å². The standard InChI is InChI=1S/C16H22O.C2H6/c1-5-14(11-13(4)16(17)6-2)15-10-8-7-9-12(15)3;1-2/h5,7-10,13H,6,11H2,1-4H3;1-2H3/b14-5-;. The first kappa shape index (κ1) is 17.6. The Hall–Kier alpha value is -1.37. The fraction of sp³-hybridized carbons (Fsp3) is 0.500. The first-order chi connectivity index (χ1) is 9.10. The lowest BCUT2D eigenvalue weighted by Crippen LogP contribution is -2.10. The number of hydrogen-bond acceptors (Lipinski definition) is 1. The normalized spacial score (nSPS) is 12.4. The van der Waals surface area contributed by atoms with E-state index in [1.807, 2.05) is 40.7 Å². The van der Waals surface area contributed by atoms with E-state index < -0.39 is 0 Å². The number of benzene rings is 1. The summed E-state index contributed by atoms with van der Waals surface area (Å²) in [6, 6.07) is 8.35. The molecule has 1 unspecified atom stereocenters. The minimum atomic E-state index is 0.116. The van der Waals surface area contributed by atoms with Crippen LogP contribution in [-0.2, 0) is 4.79 Å². The summed E-state index contributed by atoms with van der Waals surface area (Å²) in [5.74, 6) is 0.462. The molecule has 1 nitrogen and oxygen atoms in total. The van der Waals surface area contributed by atoms with Crippen LogP contribution in [0.3, 0.4) is 0 Å². The minimum absolute atomic E-state index is 0.116. The second-order valence-electron chi connectivity index (χ2n) is 4.55. The molecule has 0 spiro atoms. The minimum Gasteiger partial charge on any atom is -0.299 e. The molecule has 0 N–H and O–H groups in total.